The zero-order valence-corrected chi connectivity index (χ0v) is 15.8. The molecular weight excluding hydrogens is 422 g/mol. The third-order valence-corrected chi connectivity index (χ3v) is 3.64. The molecule has 9 nitrogen and oxygen atoms in total. The van der Waals surface area contributed by atoms with E-state index in [4.69, 9.17) is 9.47 Å². The number of hydrazone groups is 1. The van der Waals surface area contributed by atoms with Gasteiger partial charge in [0.05, 0.1) is 17.7 Å². The van der Waals surface area contributed by atoms with Gasteiger partial charge >= 0.3 is 5.69 Å². The number of phenolic OH excluding ortho intramolecular Hbond substituents is 1. The van der Waals surface area contributed by atoms with E-state index in [-0.39, 0.29) is 22.9 Å². The highest BCUT2D eigenvalue weighted by molar-refractivity contribution is 9.10. The molecule has 1 amide bonds. The molecule has 0 saturated heterocycles. The number of nitrogens with one attached hydrogen (secondary N) is 1. The van der Waals surface area contributed by atoms with Crippen molar-refractivity contribution in [3.05, 3.63) is 56.5 Å². The fourth-order valence-electron chi connectivity index (χ4n) is 2.04. The summed E-state index contributed by atoms with van der Waals surface area (Å²) in [5.41, 5.74) is 2.30. The van der Waals surface area contributed by atoms with Gasteiger partial charge in [0.1, 0.15) is 0 Å². The van der Waals surface area contributed by atoms with E-state index in [0.717, 1.165) is 0 Å². The van der Waals surface area contributed by atoms with Crippen LogP contribution in [0.3, 0.4) is 0 Å². The Morgan fingerprint density at radius 1 is 1.33 bits per heavy atom. The summed E-state index contributed by atoms with van der Waals surface area (Å²) in [7, 11) is 0. The second-order valence-electron chi connectivity index (χ2n) is 5.08. The first-order valence-corrected chi connectivity index (χ1v) is 8.55. The van der Waals surface area contributed by atoms with Gasteiger partial charge in [-0.25, -0.2) is 5.43 Å². The Labute approximate surface area is 162 Å². The van der Waals surface area contributed by atoms with Crippen molar-refractivity contribution in [2.45, 2.75) is 6.92 Å². The third-order valence-electron chi connectivity index (χ3n) is 3.18. The van der Waals surface area contributed by atoms with Crippen LogP contribution in [0.15, 0.2) is 46.0 Å². The van der Waals surface area contributed by atoms with Crippen molar-refractivity contribution >= 4 is 33.7 Å². The van der Waals surface area contributed by atoms with E-state index < -0.39 is 17.4 Å². The first-order valence-electron chi connectivity index (χ1n) is 7.75. The van der Waals surface area contributed by atoms with Crippen LogP contribution < -0.4 is 14.9 Å². The maximum Gasteiger partial charge on any atom is 0.310 e. The molecule has 0 fully saturated rings. The van der Waals surface area contributed by atoms with E-state index >= 15 is 0 Å². The predicted molar refractivity (Wildman–Crippen MR) is 101 cm³/mol. The van der Waals surface area contributed by atoms with E-state index in [1.807, 2.05) is 0 Å². The summed E-state index contributed by atoms with van der Waals surface area (Å²) in [5.74, 6) is -0.481. The summed E-state index contributed by atoms with van der Waals surface area (Å²) in [6.45, 7) is 1.70. The Hall–Kier alpha value is -3.14. The monoisotopic (exact) mass is 437 g/mol. The number of benzene rings is 2. The number of hydrogen-bond donors (Lipinski definition) is 2. The standard InChI is InChI=1S/C17H16BrN3O6/c1-2-26-15-8-12(18)7-11(17(15)23)9-19-20-16(22)10-27-14-6-4-3-5-13(14)21(24)25/h3-9,23H,2,10H2,1H3,(H,20,22)/b19-9+. The number of nitro benzene ring substituents is 1. The number of hydrogen-bond acceptors (Lipinski definition) is 7. The van der Waals surface area contributed by atoms with Gasteiger partial charge in [-0.3, -0.25) is 14.9 Å². The lowest BCUT2D eigenvalue weighted by atomic mass is 10.2. The van der Waals surface area contributed by atoms with E-state index in [9.17, 15) is 20.0 Å². The minimum absolute atomic E-state index is 0.0207. The van der Waals surface area contributed by atoms with Crippen LogP contribution in [-0.2, 0) is 4.79 Å². The molecule has 2 aromatic rings. The number of rotatable bonds is 8. The van der Waals surface area contributed by atoms with Gasteiger partial charge < -0.3 is 14.6 Å². The Bertz CT molecular complexity index is 872. The number of halogens is 1. The lowest BCUT2D eigenvalue weighted by molar-refractivity contribution is -0.385. The summed E-state index contributed by atoms with van der Waals surface area (Å²) in [4.78, 5) is 22.1. The molecule has 2 rings (SSSR count). The third kappa shape index (κ3) is 5.68. The van der Waals surface area contributed by atoms with E-state index in [1.54, 1.807) is 25.1 Å². The number of nitro groups is 1. The molecule has 0 aliphatic rings. The summed E-state index contributed by atoms with van der Waals surface area (Å²) >= 11 is 3.29. The molecule has 0 atom stereocenters. The Morgan fingerprint density at radius 3 is 2.78 bits per heavy atom. The number of amides is 1. The smallest absolute Gasteiger partial charge is 0.310 e. The molecule has 0 unspecified atom stereocenters. The predicted octanol–water partition coefficient (Wildman–Crippen LogP) is 2.99. The van der Waals surface area contributed by atoms with Crippen LogP contribution in [-0.4, -0.2) is 35.4 Å². The van der Waals surface area contributed by atoms with Gasteiger partial charge in [0.15, 0.2) is 23.9 Å². The molecule has 0 aliphatic carbocycles. The number of para-hydroxylation sites is 2. The zero-order valence-electron chi connectivity index (χ0n) is 14.2. The van der Waals surface area contributed by atoms with Crippen molar-refractivity contribution in [1.29, 1.82) is 0 Å². The van der Waals surface area contributed by atoms with Crippen molar-refractivity contribution < 1.29 is 24.3 Å². The highest BCUT2D eigenvalue weighted by Crippen LogP contribution is 2.32. The summed E-state index contributed by atoms with van der Waals surface area (Å²) in [5, 5.41) is 24.7. The van der Waals surface area contributed by atoms with Gasteiger partial charge in [0.2, 0.25) is 0 Å². The van der Waals surface area contributed by atoms with Gasteiger partial charge in [-0.1, -0.05) is 28.1 Å². The van der Waals surface area contributed by atoms with Crippen molar-refractivity contribution in [3.8, 4) is 17.2 Å². The molecule has 0 spiro atoms. The average Bonchev–Trinajstić information content (AvgIpc) is 2.64. The molecule has 0 aromatic heterocycles. The molecule has 27 heavy (non-hydrogen) atoms. The lowest BCUT2D eigenvalue weighted by Gasteiger charge is -2.08. The minimum atomic E-state index is -0.621. The largest absolute Gasteiger partial charge is 0.504 e. The van der Waals surface area contributed by atoms with Gasteiger partial charge in [-0.15, -0.1) is 0 Å². The fourth-order valence-corrected chi connectivity index (χ4v) is 2.49. The molecule has 0 radical (unpaired) electrons. The normalized spacial score (nSPS) is 10.6. The van der Waals surface area contributed by atoms with Gasteiger partial charge in [0.25, 0.3) is 5.91 Å². The number of carbonyl (C=O) groups excluding carboxylic acids is 1. The molecule has 2 N–H and O–H groups in total. The Kier molecular flexibility index (Phi) is 7.12. The Balaban J connectivity index is 1.97. The topological polar surface area (TPSA) is 123 Å². The molecule has 0 bridgehead atoms. The Morgan fingerprint density at radius 2 is 2.07 bits per heavy atom. The maximum absolute atomic E-state index is 11.8. The number of nitrogens with zero attached hydrogens (tertiary/aromatic N) is 2. The van der Waals surface area contributed by atoms with Crippen LogP contribution >= 0.6 is 15.9 Å². The maximum atomic E-state index is 11.8. The van der Waals surface area contributed by atoms with Crippen molar-refractivity contribution in [3.63, 3.8) is 0 Å². The quantitative estimate of drug-likeness (QED) is 0.371. The van der Waals surface area contributed by atoms with E-state index in [2.05, 4.69) is 26.5 Å². The number of carbonyl (C=O) groups is 1. The molecular formula is C17H16BrN3O6. The second-order valence-corrected chi connectivity index (χ2v) is 6.00. The molecule has 0 heterocycles. The summed E-state index contributed by atoms with van der Waals surface area (Å²) < 4.78 is 11.1. The van der Waals surface area contributed by atoms with Crippen LogP contribution in [0.1, 0.15) is 12.5 Å². The van der Waals surface area contributed by atoms with Gasteiger partial charge in [-0.2, -0.15) is 5.10 Å². The van der Waals surface area contributed by atoms with Crippen molar-refractivity contribution in [2.24, 2.45) is 5.10 Å². The number of aromatic hydroxyl groups is 1. The minimum Gasteiger partial charge on any atom is -0.504 e. The lowest BCUT2D eigenvalue weighted by Crippen LogP contribution is -2.24. The zero-order chi connectivity index (χ0) is 19.8. The first-order chi connectivity index (χ1) is 12.9. The fraction of sp³-hybridized carbons (Fsp3) is 0.176. The molecule has 142 valence electrons. The van der Waals surface area contributed by atoms with Crippen LogP contribution in [0.25, 0.3) is 0 Å². The van der Waals surface area contributed by atoms with E-state index in [0.29, 0.717) is 16.6 Å². The first kappa shape index (κ1) is 20.2. The summed E-state index contributed by atoms with van der Waals surface area (Å²) in [6, 6.07) is 8.92. The van der Waals surface area contributed by atoms with Crippen molar-refractivity contribution in [2.75, 3.05) is 13.2 Å². The highest BCUT2D eigenvalue weighted by atomic mass is 79.9. The van der Waals surface area contributed by atoms with Crippen LogP contribution in [0.5, 0.6) is 17.2 Å². The molecule has 2 aromatic carbocycles. The van der Waals surface area contributed by atoms with Gasteiger partial charge in [-0.05, 0) is 25.1 Å². The van der Waals surface area contributed by atoms with Crippen LogP contribution in [0, 0.1) is 10.1 Å². The van der Waals surface area contributed by atoms with Crippen LogP contribution in [0.2, 0.25) is 0 Å². The van der Waals surface area contributed by atoms with Crippen molar-refractivity contribution in [1.82, 2.24) is 5.43 Å². The second kappa shape index (κ2) is 9.53. The van der Waals surface area contributed by atoms with Gasteiger partial charge in [0, 0.05) is 16.1 Å². The number of phenols is 1. The van der Waals surface area contributed by atoms with E-state index in [1.165, 1.54) is 24.4 Å². The molecule has 10 heteroatoms. The average molecular weight is 438 g/mol. The molecule has 0 aliphatic heterocycles. The number of ether oxygens (including phenoxy) is 2. The van der Waals surface area contributed by atoms with Crippen LogP contribution in [0.4, 0.5) is 5.69 Å². The molecule has 0 saturated carbocycles. The SMILES string of the molecule is CCOc1cc(Br)cc(/C=N/NC(=O)COc2ccccc2[N+](=O)[O-])c1O. The highest BCUT2D eigenvalue weighted by Gasteiger charge is 2.14. The summed E-state index contributed by atoms with van der Waals surface area (Å²) in [6.07, 6.45) is 1.24.